The molecule has 3 aromatic rings. The van der Waals surface area contributed by atoms with Crippen molar-refractivity contribution in [2.24, 2.45) is 0 Å². The lowest BCUT2D eigenvalue weighted by atomic mass is 10.2. The second-order valence-corrected chi connectivity index (χ2v) is 5.62. The minimum atomic E-state index is -4.76. The summed E-state index contributed by atoms with van der Waals surface area (Å²) in [4.78, 5) is 18.5. The molecule has 1 aromatic carbocycles. The van der Waals surface area contributed by atoms with Crippen LogP contribution in [0.15, 0.2) is 30.5 Å². The second-order valence-electron chi connectivity index (χ2n) is 5.62. The molecule has 0 bridgehead atoms. The first-order valence-electron chi connectivity index (χ1n) is 7.62. The van der Waals surface area contributed by atoms with E-state index in [-0.39, 0.29) is 29.7 Å². The normalized spacial score (nSPS) is 11.6. The van der Waals surface area contributed by atoms with Crippen molar-refractivity contribution in [1.29, 1.82) is 0 Å². The fourth-order valence-corrected chi connectivity index (χ4v) is 2.36. The molecule has 2 aromatic heterocycles. The van der Waals surface area contributed by atoms with Crippen LogP contribution in [0.3, 0.4) is 0 Å². The standard InChI is InChI=1S/C16H13F3N4O4/c1-9-10(2)22-7-13(23(24)25)21-14(22)15(20-9)26-8-11-3-5-12(6-4-11)27-16(17,18)19/h3-7H,8H2,1-2H3. The number of hydrogen-bond donors (Lipinski definition) is 0. The molecule has 0 unspecified atom stereocenters. The van der Waals surface area contributed by atoms with Gasteiger partial charge in [0.2, 0.25) is 0 Å². The van der Waals surface area contributed by atoms with Gasteiger partial charge < -0.3 is 19.6 Å². The van der Waals surface area contributed by atoms with Crippen LogP contribution in [0.5, 0.6) is 11.6 Å². The van der Waals surface area contributed by atoms with Gasteiger partial charge in [-0.15, -0.1) is 13.2 Å². The number of alkyl halides is 3. The fourth-order valence-electron chi connectivity index (χ4n) is 2.36. The van der Waals surface area contributed by atoms with Gasteiger partial charge in [0.1, 0.15) is 18.6 Å². The molecule has 0 N–H and O–H groups in total. The third-order valence-electron chi connectivity index (χ3n) is 3.76. The number of benzene rings is 1. The summed E-state index contributed by atoms with van der Waals surface area (Å²) in [5.41, 5.74) is 2.01. The highest BCUT2D eigenvalue weighted by Gasteiger charge is 2.31. The van der Waals surface area contributed by atoms with Crippen molar-refractivity contribution < 1.29 is 27.6 Å². The van der Waals surface area contributed by atoms with Crippen LogP contribution in [0.1, 0.15) is 17.0 Å². The Bertz CT molecular complexity index is 1000. The van der Waals surface area contributed by atoms with Crippen molar-refractivity contribution in [2.45, 2.75) is 26.8 Å². The third kappa shape index (κ3) is 4.07. The van der Waals surface area contributed by atoms with E-state index in [0.29, 0.717) is 17.0 Å². The van der Waals surface area contributed by atoms with Gasteiger partial charge in [-0.2, -0.15) is 0 Å². The van der Waals surface area contributed by atoms with E-state index >= 15 is 0 Å². The molecular weight excluding hydrogens is 369 g/mol. The smallest absolute Gasteiger partial charge is 0.469 e. The van der Waals surface area contributed by atoms with Gasteiger partial charge in [0, 0.05) is 5.69 Å². The average molecular weight is 382 g/mol. The zero-order chi connectivity index (χ0) is 19.8. The van der Waals surface area contributed by atoms with Crippen LogP contribution in [0, 0.1) is 24.0 Å². The van der Waals surface area contributed by atoms with Gasteiger partial charge >= 0.3 is 17.8 Å². The van der Waals surface area contributed by atoms with Crippen molar-refractivity contribution in [3.05, 3.63) is 57.5 Å². The van der Waals surface area contributed by atoms with Gasteiger partial charge in [-0.25, -0.2) is 4.98 Å². The molecule has 0 saturated carbocycles. The summed E-state index contributed by atoms with van der Waals surface area (Å²) in [6.07, 6.45) is -3.49. The highest BCUT2D eigenvalue weighted by molar-refractivity contribution is 5.54. The first-order valence-corrected chi connectivity index (χ1v) is 7.62. The quantitative estimate of drug-likeness (QED) is 0.493. The predicted molar refractivity (Wildman–Crippen MR) is 86.6 cm³/mol. The Kier molecular flexibility index (Phi) is 4.60. The number of aryl methyl sites for hydroxylation is 2. The second kappa shape index (κ2) is 6.74. The number of rotatable bonds is 5. The Morgan fingerprint density at radius 1 is 1.19 bits per heavy atom. The van der Waals surface area contributed by atoms with Crippen LogP contribution in [0.25, 0.3) is 5.65 Å². The number of ether oxygens (including phenoxy) is 2. The van der Waals surface area contributed by atoms with E-state index < -0.39 is 11.3 Å². The molecule has 0 fully saturated rings. The summed E-state index contributed by atoms with van der Waals surface area (Å²) in [5.74, 6) is -0.604. The number of nitro groups is 1. The summed E-state index contributed by atoms with van der Waals surface area (Å²) in [6.45, 7) is 3.44. The Labute approximate surface area is 150 Å². The molecule has 0 atom stereocenters. The Morgan fingerprint density at radius 3 is 2.44 bits per heavy atom. The number of hydrogen-bond acceptors (Lipinski definition) is 6. The van der Waals surface area contributed by atoms with Crippen LogP contribution in [0.4, 0.5) is 19.0 Å². The van der Waals surface area contributed by atoms with Gasteiger partial charge in [0.05, 0.1) is 5.69 Å². The van der Waals surface area contributed by atoms with Crippen LogP contribution >= 0.6 is 0 Å². The zero-order valence-corrected chi connectivity index (χ0v) is 14.1. The van der Waals surface area contributed by atoms with E-state index in [1.54, 1.807) is 13.8 Å². The molecule has 2 heterocycles. The highest BCUT2D eigenvalue weighted by atomic mass is 19.4. The molecule has 27 heavy (non-hydrogen) atoms. The number of nitrogens with zero attached hydrogens (tertiary/aromatic N) is 4. The highest BCUT2D eigenvalue weighted by Crippen LogP contribution is 2.25. The largest absolute Gasteiger partial charge is 0.573 e. The number of aromatic nitrogens is 3. The summed E-state index contributed by atoms with van der Waals surface area (Å²) in [5, 5.41) is 11.0. The van der Waals surface area contributed by atoms with Crippen LogP contribution in [-0.2, 0) is 6.61 Å². The van der Waals surface area contributed by atoms with E-state index in [2.05, 4.69) is 14.7 Å². The first kappa shape index (κ1) is 18.4. The molecule has 3 rings (SSSR count). The lowest BCUT2D eigenvalue weighted by Crippen LogP contribution is -2.17. The number of fused-ring (bicyclic) bond motifs is 1. The minimum absolute atomic E-state index is 0.0158. The van der Waals surface area contributed by atoms with E-state index in [1.165, 1.54) is 22.7 Å². The Morgan fingerprint density at radius 2 is 1.85 bits per heavy atom. The molecule has 142 valence electrons. The molecule has 0 saturated heterocycles. The van der Waals surface area contributed by atoms with Crippen LogP contribution in [-0.4, -0.2) is 25.7 Å². The summed E-state index contributed by atoms with van der Waals surface area (Å²) in [7, 11) is 0. The zero-order valence-electron chi connectivity index (χ0n) is 14.1. The van der Waals surface area contributed by atoms with E-state index in [0.717, 1.165) is 12.1 Å². The monoisotopic (exact) mass is 382 g/mol. The Hall–Kier alpha value is -3.37. The van der Waals surface area contributed by atoms with Crippen molar-refractivity contribution in [1.82, 2.24) is 14.4 Å². The Balaban J connectivity index is 1.82. The topological polar surface area (TPSA) is 91.8 Å². The fraction of sp³-hybridized carbons (Fsp3) is 0.250. The van der Waals surface area contributed by atoms with Crippen molar-refractivity contribution >= 4 is 11.5 Å². The summed E-state index contributed by atoms with van der Waals surface area (Å²) in [6, 6.07) is 5.15. The van der Waals surface area contributed by atoms with Gasteiger partial charge in [0.15, 0.2) is 0 Å². The van der Waals surface area contributed by atoms with Gasteiger partial charge in [-0.1, -0.05) is 12.1 Å². The third-order valence-corrected chi connectivity index (χ3v) is 3.76. The van der Waals surface area contributed by atoms with Crippen molar-refractivity contribution in [2.75, 3.05) is 0 Å². The molecule has 0 amide bonds. The van der Waals surface area contributed by atoms with Crippen molar-refractivity contribution in [3.8, 4) is 11.6 Å². The predicted octanol–water partition coefficient (Wildman–Crippen LogP) is 3.73. The summed E-state index contributed by atoms with van der Waals surface area (Å²) < 4.78 is 47.4. The number of imidazole rings is 1. The van der Waals surface area contributed by atoms with E-state index in [9.17, 15) is 23.3 Å². The van der Waals surface area contributed by atoms with Crippen LogP contribution in [0.2, 0.25) is 0 Å². The maximum absolute atomic E-state index is 12.2. The lowest BCUT2D eigenvalue weighted by Gasteiger charge is -2.10. The minimum Gasteiger partial charge on any atom is -0.469 e. The van der Waals surface area contributed by atoms with E-state index in [4.69, 9.17) is 4.74 Å². The van der Waals surface area contributed by atoms with Gasteiger partial charge in [-0.3, -0.25) is 4.40 Å². The van der Waals surface area contributed by atoms with Gasteiger partial charge in [-0.05, 0) is 41.5 Å². The summed E-state index contributed by atoms with van der Waals surface area (Å²) >= 11 is 0. The molecule has 0 aliphatic rings. The molecule has 0 aliphatic carbocycles. The number of halogens is 3. The SMILES string of the molecule is Cc1nc(OCc2ccc(OC(F)(F)F)cc2)c2nc([N+](=O)[O-])cn2c1C. The molecule has 8 nitrogen and oxygen atoms in total. The van der Waals surface area contributed by atoms with E-state index in [1.807, 2.05) is 0 Å². The van der Waals surface area contributed by atoms with Crippen LogP contribution < -0.4 is 9.47 Å². The molecular formula is C16H13F3N4O4. The average Bonchev–Trinajstić information content (AvgIpc) is 3.03. The first-order chi connectivity index (χ1) is 12.6. The molecule has 0 aliphatic heterocycles. The molecule has 0 radical (unpaired) electrons. The lowest BCUT2D eigenvalue weighted by molar-refractivity contribution is -0.389. The molecule has 11 heteroatoms. The maximum Gasteiger partial charge on any atom is 0.573 e. The van der Waals surface area contributed by atoms with Crippen molar-refractivity contribution in [3.63, 3.8) is 0 Å². The maximum atomic E-state index is 12.2. The molecule has 0 spiro atoms. The van der Waals surface area contributed by atoms with Gasteiger partial charge in [0.25, 0.3) is 5.88 Å².